The summed E-state index contributed by atoms with van der Waals surface area (Å²) in [6, 6.07) is 0. The molecule has 2 unspecified atom stereocenters. The van der Waals surface area contributed by atoms with E-state index >= 15 is 0 Å². The van der Waals surface area contributed by atoms with Gasteiger partial charge in [-0.2, -0.15) is 0 Å². The minimum absolute atomic E-state index is 0.0264. The van der Waals surface area contributed by atoms with Gasteiger partial charge in [0.05, 0.1) is 27.7 Å². The van der Waals surface area contributed by atoms with Crippen LogP contribution in [0, 0.1) is 0 Å². The number of ether oxygens (including phenoxy) is 2. The van der Waals surface area contributed by atoms with E-state index in [0.29, 0.717) is 17.4 Å². The molecular weight excluding hydrogens is 1070 g/mol. The zero-order chi connectivity index (χ0) is 61.9. The number of hydrogen-bond donors (Lipinski definition) is 0. The molecule has 0 rings (SSSR count). The fraction of sp³-hybridized carbons (Fsp3) is 0.947. The number of phosphoric acid groups is 1. The summed E-state index contributed by atoms with van der Waals surface area (Å²) < 4.78 is 34.4. The third kappa shape index (κ3) is 71.7. The van der Waals surface area contributed by atoms with Crippen LogP contribution >= 0.6 is 7.82 Å². The molecule has 0 saturated heterocycles. The summed E-state index contributed by atoms with van der Waals surface area (Å²) in [5.41, 5.74) is 0. The fourth-order valence-corrected chi connectivity index (χ4v) is 12.4. The minimum atomic E-state index is -4.64. The van der Waals surface area contributed by atoms with E-state index in [9.17, 15) is 19.0 Å². The highest BCUT2D eigenvalue weighted by Gasteiger charge is 2.22. The lowest BCUT2D eigenvalue weighted by atomic mass is 10.0. The Bertz CT molecular complexity index is 1440. The molecule has 0 radical (unpaired) electrons. The number of allylic oxidation sites excluding steroid dienone is 2. The lowest BCUT2D eigenvalue weighted by Crippen LogP contribution is -2.37. The van der Waals surface area contributed by atoms with Crippen LogP contribution in [0.4, 0.5) is 0 Å². The summed E-state index contributed by atoms with van der Waals surface area (Å²) in [5, 5.41) is 0. The molecule has 0 amide bonds. The van der Waals surface area contributed by atoms with E-state index in [-0.39, 0.29) is 32.0 Å². The third-order valence-electron chi connectivity index (χ3n) is 17.5. The van der Waals surface area contributed by atoms with Gasteiger partial charge in [0.25, 0.3) is 7.82 Å². The number of phosphoric ester groups is 1. The van der Waals surface area contributed by atoms with Crippen LogP contribution in [0.1, 0.15) is 406 Å². The van der Waals surface area contributed by atoms with Crippen LogP contribution in [-0.4, -0.2) is 70.0 Å². The molecule has 85 heavy (non-hydrogen) atoms. The van der Waals surface area contributed by atoms with Gasteiger partial charge in [-0.3, -0.25) is 14.2 Å². The van der Waals surface area contributed by atoms with Gasteiger partial charge < -0.3 is 27.9 Å². The van der Waals surface area contributed by atoms with Crippen molar-refractivity contribution in [2.45, 2.75) is 412 Å². The molecule has 506 valence electrons. The Labute approximate surface area is 530 Å². The first kappa shape index (κ1) is 83.8. The van der Waals surface area contributed by atoms with Crippen molar-refractivity contribution in [1.29, 1.82) is 0 Å². The largest absolute Gasteiger partial charge is 0.756 e. The van der Waals surface area contributed by atoms with E-state index in [1.807, 2.05) is 21.1 Å². The van der Waals surface area contributed by atoms with Gasteiger partial charge in [-0.1, -0.05) is 366 Å². The van der Waals surface area contributed by atoms with Gasteiger partial charge in [-0.25, -0.2) is 0 Å². The zero-order valence-electron chi connectivity index (χ0n) is 57.9. The average molecular weight is 1220 g/mol. The first-order valence-electron chi connectivity index (χ1n) is 37.9. The molecule has 0 fully saturated rings. The van der Waals surface area contributed by atoms with E-state index < -0.39 is 26.5 Å². The van der Waals surface area contributed by atoms with Gasteiger partial charge in [-0.15, -0.1) is 0 Å². The fourth-order valence-electron chi connectivity index (χ4n) is 11.7. The number of quaternary nitrogens is 1. The summed E-state index contributed by atoms with van der Waals surface area (Å²) in [6.07, 6.45) is 83.3. The Kier molecular flexibility index (Phi) is 66.2. The minimum Gasteiger partial charge on any atom is -0.756 e. The molecule has 9 nitrogen and oxygen atoms in total. The zero-order valence-corrected chi connectivity index (χ0v) is 58.7. The van der Waals surface area contributed by atoms with Crippen LogP contribution in [0.5, 0.6) is 0 Å². The number of carbonyl (C=O) groups excluding carboxylic acids is 2. The molecule has 0 aliphatic rings. The molecule has 0 aromatic rings. The number of carbonyl (C=O) groups is 2. The predicted octanol–water partition coefficient (Wildman–Crippen LogP) is 24.0. The topological polar surface area (TPSA) is 111 Å². The number of unbranched alkanes of at least 4 members (excludes halogenated alkanes) is 56. The molecule has 0 saturated carbocycles. The standard InChI is InChI=1S/C75H148NO8P/c1-6-8-10-12-14-16-18-20-22-24-26-28-30-32-33-34-35-36-37-38-39-40-41-42-44-45-47-49-51-53-55-57-59-61-63-65-67-74(77)81-71-73(72-83-85(79,80)82-70-69-76(3,4)5)84-75(78)68-66-64-62-60-58-56-54-52-50-48-46-43-31-29-27-25-23-21-19-17-15-13-11-9-7-2/h25,27,73H,6-24,26,28-72H2,1-5H3/b27-25-. The van der Waals surface area contributed by atoms with Crippen molar-refractivity contribution in [2.24, 2.45) is 0 Å². The summed E-state index contributed by atoms with van der Waals surface area (Å²) in [4.78, 5) is 38.1. The molecule has 0 aromatic carbocycles. The van der Waals surface area contributed by atoms with Crippen molar-refractivity contribution >= 4 is 19.8 Å². The van der Waals surface area contributed by atoms with Crippen molar-refractivity contribution in [3.63, 3.8) is 0 Å². The number of nitrogens with zero attached hydrogens (tertiary/aromatic N) is 1. The maximum atomic E-state index is 12.9. The molecule has 0 aliphatic carbocycles. The molecule has 0 bridgehead atoms. The van der Waals surface area contributed by atoms with Gasteiger partial charge in [0.1, 0.15) is 19.8 Å². The van der Waals surface area contributed by atoms with Gasteiger partial charge in [0.2, 0.25) is 0 Å². The van der Waals surface area contributed by atoms with E-state index in [2.05, 4.69) is 26.0 Å². The van der Waals surface area contributed by atoms with E-state index in [4.69, 9.17) is 18.5 Å². The van der Waals surface area contributed by atoms with Crippen molar-refractivity contribution in [3.05, 3.63) is 12.2 Å². The molecule has 0 heterocycles. The second-order valence-electron chi connectivity index (χ2n) is 27.4. The van der Waals surface area contributed by atoms with Gasteiger partial charge in [0, 0.05) is 12.8 Å². The van der Waals surface area contributed by atoms with Crippen LogP contribution in [0.25, 0.3) is 0 Å². The Hall–Kier alpha value is -1.25. The average Bonchev–Trinajstić information content (AvgIpc) is 3.54. The molecule has 0 spiro atoms. The Morgan fingerprint density at radius 1 is 0.353 bits per heavy atom. The van der Waals surface area contributed by atoms with Crippen molar-refractivity contribution in [2.75, 3.05) is 47.5 Å². The van der Waals surface area contributed by atoms with Gasteiger partial charge in [-0.05, 0) is 38.5 Å². The SMILES string of the molecule is CCCCCCCCCC/C=C\CCCCCCCCCCCCCCCC(=O)OC(COC(=O)CCCCCCCCCCCCCCCCCCCCCCCCCCCCCCCCCCCCCC)COP(=O)([O-])OCC[N+](C)(C)C. The predicted molar refractivity (Wildman–Crippen MR) is 365 cm³/mol. The summed E-state index contributed by atoms with van der Waals surface area (Å²) in [7, 11) is 1.19. The summed E-state index contributed by atoms with van der Waals surface area (Å²) in [6.45, 7) is 4.33. The number of rotatable bonds is 72. The summed E-state index contributed by atoms with van der Waals surface area (Å²) >= 11 is 0. The highest BCUT2D eigenvalue weighted by atomic mass is 31.2. The Morgan fingerprint density at radius 2 is 0.600 bits per heavy atom. The second-order valence-corrected chi connectivity index (χ2v) is 28.8. The van der Waals surface area contributed by atoms with Crippen LogP contribution < -0.4 is 4.89 Å². The molecule has 0 aliphatic heterocycles. The molecule has 10 heteroatoms. The first-order valence-corrected chi connectivity index (χ1v) is 39.4. The third-order valence-corrected chi connectivity index (χ3v) is 18.5. The van der Waals surface area contributed by atoms with Crippen molar-refractivity contribution in [1.82, 2.24) is 0 Å². The summed E-state index contributed by atoms with van der Waals surface area (Å²) in [5.74, 6) is -0.807. The van der Waals surface area contributed by atoms with Crippen LogP contribution in [-0.2, 0) is 32.7 Å². The first-order chi connectivity index (χ1) is 41.5. The Balaban J connectivity index is 3.90. The van der Waals surface area contributed by atoms with Crippen molar-refractivity contribution < 1.29 is 42.1 Å². The molecular formula is C75H148NO8P. The van der Waals surface area contributed by atoms with E-state index in [1.165, 1.54) is 340 Å². The number of hydrogen-bond acceptors (Lipinski definition) is 8. The van der Waals surface area contributed by atoms with Crippen LogP contribution in [0.2, 0.25) is 0 Å². The number of esters is 2. The highest BCUT2D eigenvalue weighted by Crippen LogP contribution is 2.38. The molecule has 0 aromatic heterocycles. The van der Waals surface area contributed by atoms with E-state index in [0.717, 1.165) is 32.1 Å². The lowest BCUT2D eigenvalue weighted by molar-refractivity contribution is -0.870. The smallest absolute Gasteiger partial charge is 0.306 e. The van der Waals surface area contributed by atoms with E-state index in [1.54, 1.807) is 0 Å². The maximum Gasteiger partial charge on any atom is 0.306 e. The second kappa shape index (κ2) is 67.2. The van der Waals surface area contributed by atoms with Crippen molar-refractivity contribution in [3.8, 4) is 0 Å². The molecule has 2 atom stereocenters. The van der Waals surface area contributed by atoms with Gasteiger partial charge in [0.15, 0.2) is 6.10 Å². The normalized spacial score (nSPS) is 13.1. The monoisotopic (exact) mass is 1220 g/mol. The molecule has 0 N–H and O–H groups in total. The highest BCUT2D eigenvalue weighted by molar-refractivity contribution is 7.45. The lowest BCUT2D eigenvalue weighted by Gasteiger charge is -2.28. The maximum absolute atomic E-state index is 12.9. The van der Waals surface area contributed by atoms with Gasteiger partial charge >= 0.3 is 11.9 Å². The quantitative estimate of drug-likeness (QED) is 0.0195. The number of likely N-dealkylation sites (N-methyl/N-ethyl adjacent to an activating group) is 1. The van der Waals surface area contributed by atoms with Crippen LogP contribution in [0.15, 0.2) is 12.2 Å². The van der Waals surface area contributed by atoms with Crippen LogP contribution in [0.3, 0.4) is 0 Å². The Morgan fingerprint density at radius 3 is 0.871 bits per heavy atom.